The molecule has 1 unspecified atom stereocenters. The van der Waals surface area contributed by atoms with Crippen molar-refractivity contribution in [1.82, 2.24) is 0 Å². The molecule has 0 aliphatic carbocycles. The first-order chi connectivity index (χ1) is 9.49. The fraction of sp³-hybridized carbons (Fsp3) is 0.368. The molecule has 1 nitrogen and oxygen atoms in total. The minimum Gasteiger partial charge on any atom is -0.487 e. The SMILES string of the molecule is CC(C)c1ccc(C2c3ccccc3OC2(C)C)cc1. The van der Waals surface area contributed by atoms with Crippen molar-refractivity contribution in [3.05, 3.63) is 65.2 Å². The number of para-hydroxylation sites is 1. The largest absolute Gasteiger partial charge is 0.487 e. The number of ether oxygens (including phenoxy) is 1. The third kappa shape index (κ3) is 2.11. The lowest BCUT2D eigenvalue weighted by atomic mass is 9.81. The van der Waals surface area contributed by atoms with Gasteiger partial charge in [0.05, 0.1) is 5.92 Å². The van der Waals surface area contributed by atoms with Crippen molar-refractivity contribution < 1.29 is 4.74 Å². The third-order valence-electron chi connectivity index (χ3n) is 4.23. The van der Waals surface area contributed by atoms with Crippen LogP contribution in [0.4, 0.5) is 0 Å². The van der Waals surface area contributed by atoms with Crippen molar-refractivity contribution in [1.29, 1.82) is 0 Å². The van der Waals surface area contributed by atoms with Crippen LogP contribution in [-0.4, -0.2) is 5.60 Å². The van der Waals surface area contributed by atoms with Crippen LogP contribution in [0.25, 0.3) is 0 Å². The normalized spacial score (nSPS) is 19.8. The first-order valence-electron chi connectivity index (χ1n) is 7.37. The maximum absolute atomic E-state index is 6.14. The Balaban J connectivity index is 2.04. The molecule has 2 aromatic rings. The Labute approximate surface area is 121 Å². The number of benzene rings is 2. The van der Waals surface area contributed by atoms with E-state index in [4.69, 9.17) is 4.74 Å². The summed E-state index contributed by atoms with van der Waals surface area (Å²) in [6.07, 6.45) is 0. The van der Waals surface area contributed by atoms with Crippen LogP contribution in [0.2, 0.25) is 0 Å². The van der Waals surface area contributed by atoms with Gasteiger partial charge in [0, 0.05) is 5.56 Å². The molecule has 0 saturated carbocycles. The topological polar surface area (TPSA) is 9.23 Å². The third-order valence-corrected chi connectivity index (χ3v) is 4.23. The molecule has 2 aromatic carbocycles. The summed E-state index contributed by atoms with van der Waals surface area (Å²) in [6.45, 7) is 8.81. The second kappa shape index (κ2) is 4.66. The molecule has 1 heteroatoms. The van der Waals surface area contributed by atoms with Crippen LogP contribution in [0.15, 0.2) is 48.5 Å². The molecular weight excluding hydrogens is 244 g/mol. The van der Waals surface area contributed by atoms with Gasteiger partial charge in [0.2, 0.25) is 0 Å². The minimum absolute atomic E-state index is 0.191. The highest BCUT2D eigenvalue weighted by Gasteiger charge is 2.41. The highest BCUT2D eigenvalue weighted by Crippen LogP contribution is 2.47. The zero-order chi connectivity index (χ0) is 14.3. The average Bonchev–Trinajstić information content (AvgIpc) is 2.68. The fourth-order valence-electron chi connectivity index (χ4n) is 3.18. The van der Waals surface area contributed by atoms with Crippen LogP contribution in [0.5, 0.6) is 5.75 Å². The Morgan fingerprint density at radius 1 is 0.950 bits per heavy atom. The summed E-state index contributed by atoms with van der Waals surface area (Å²) in [5.74, 6) is 1.90. The summed E-state index contributed by atoms with van der Waals surface area (Å²) in [5.41, 5.74) is 3.83. The predicted molar refractivity (Wildman–Crippen MR) is 83.5 cm³/mol. The second-order valence-electron chi connectivity index (χ2n) is 6.50. The van der Waals surface area contributed by atoms with Gasteiger partial charge in [-0.15, -0.1) is 0 Å². The second-order valence-corrected chi connectivity index (χ2v) is 6.50. The van der Waals surface area contributed by atoms with Crippen LogP contribution < -0.4 is 4.74 Å². The molecule has 1 aliphatic heterocycles. The molecule has 0 radical (unpaired) electrons. The van der Waals surface area contributed by atoms with Gasteiger partial charge in [0.25, 0.3) is 0 Å². The van der Waals surface area contributed by atoms with E-state index in [2.05, 4.69) is 70.2 Å². The van der Waals surface area contributed by atoms with Crippen LogP contribution in [0, 0.1) is 0 Å². The summed E-state index contributed by atoms with van der Waals surface area (Å²) < 4.78 is 6.14. The van der Waals surface area contributed by atoms with E-state index in [1.54, 1.807) is 0 Å². The lowest BCUT2D eigenvalue weighted by Crippen LogP contribution is -2.30. The number of hydrogen-bond acceptors (Lipinski definition) is 1. The van der Waals surface area contributed by atoms with Gasteiger partial charge >= 0.3 is 0 Å². The lowest BCUT2D eigenvalue weighted by Gasteiger charge is -2.27. The predicted octanol–water partition coefficient (Wildman–Crippen LogP) is 5.11. The molecule has 0 bridgehead atoms. The highest BCUT2D eigenvalue weighted by molar-refractivity contribution is 5.49. The maximum Gasteiger partial charge on any atom is 0.124 e. The average molecular weight is 266 g/mol. The van der Waals surface area contributed by atoms with Gasteiger partial charge in [-0.05, 0) is 37.0 Å². The van der Waals surface area contributed by atoms with Crippen molar-refractivity contribution in [3.8, 4) is 5.75 Å². The molecule has 0 aromatic heterocycles. The van der Waals surface area contributed by atoms with Gasteiger partial charge in [0.15, 0.2) is 0 Å². The van der Waals surface area contributed by atoms with Crippen molar-refractivity contribution in [2.45, 2.75) is 45.1 Å². The van der Waals surface area contributed by atoms with Gasteiger partial charge in [-0.1, -0.05) is 56.3 Å². The van der Waals surface area contributed by atoms with E-state index < -0.39 is 0 Å². The molecule has 20 heavy (non-hydrogen) atoms. The molecular formula is C19H22O. The molecule has 0 N–H and O–H groups in total. The quantitative estimate of drug-likeness (QED) is 0.733. The molecule has 0 fully saturated rings. The fourth-order valence-corrected chi connectivity index (χ4v) is 3.18. The summed E-state index contributed by atoms with van der Waals surface area (Å²) >= 11 is 0. The van der Waals surface area contributed by atoms with Gasteiger partial charge in [0.1, 0.15) is 11.4 Å². The van der Waals surface area contributed by atoms with E-state index in [-0.39, 0.29) is 5.60 Å². The van der Waals surface area contributed by atoms with Gasteiger partial charge < -0.3 is 4.74 Å². The van der Waals surface area contributed by atoms with Crippen LogP contribution >= 0.6 is 0 Å². The van der Waals surface area contributed by atoms with E-state index in [1.165, 1.54) is 16.7 Å². The summed E-state index contributed by atoms with van der Waals surface area (Å²) in [5, 5.41) is 0. The molecule has 0 amide bonds. The zero-order valence-corrected chi connectivity index (χ0v) is 12.7. The smallest absolute Gasteiger partial charge is 0.124 e. The monoisotopic (exact) mass is 266 g/mol. The van der Waals surface area contributed by atoms with E-state index >= 15 is 0 Å². The zero-order valence-electron chi connectivity index (χ0n) is 12.7. The number of rotatable bonds is 2. The van der Waals surface area contributed by atoms with E-state index in [9.17, 15) is 0 Å². The Morgan fingerprint density at radius 2 is 1.60 bits per heavy atom. The van der Waals surface area contributed by atoms with Crippen molar-refractivity contribution in [2.24, 2.45) is 0 Å². The van der Waals surface area contributed by atoms with Gasteiger partial charge in [-0.25, -0.2) is 0 Å². The maximum atomic E-state index is 6.14. The van der Waals surface area contributed by atoms with E-state index in [1.807, 2.05) is 6.07 Å². The van der Waals surface area contributed by atoms with E-state index in [0.29, 0.717) is 11.8 Å². The van der Waals surface area contributed by atoms with Gasteiger partial charge in [-0.2, -0.15) is 0 Å². The highest BCUT2D eigenvalue weighted by atomic mass is 16.5. The Hall–Kier alpha value is -1.76. The number of hydrogen-bond donors (Lipinski definition) is 0. The number of fused-ring (bicyclic) bond motifs is 1. The lowest BCUT2D eigenvalue weighted by molar-refractivity contribution is 0.122. The Bertz CT molecular complexity index is 608. The van der Waals surface area contributed by atoms with E-state index in [0.717, 1.165) is 5.75 Å². The molecule has 1 aliphatic rings. The molecule has 104 valence electrons. The van der Waals surface area contributed by atoms with Crippen molar-refractivity contribution in [3.63, 3.8) is 0 Å². The Morgan fingerprint density at radius 3 is 2.25 bits per heavy atom. The van der Waals surface area contributed by atoms with Crippen molar-refractivity contribution >= 4 is 0 Å². The van der Waals surface area contributed by atoms with Crippen LogP contribution in [0.1, 0.15) is 56.2 Å². The molecule has 0 spiro atoms. The molecule has 3 rings (SSSR count). The van der Waals surface area contributed by atoms with Crippen LogP contribution in [0.3, 0.4) is 0 Å². The first-order valence-corrected chi connectivity index (χ1v) is 7.37. The summed E-state index contributed by atoms with van der Waals surface area (Å²) in [6, 6.07) is 17.4. The molecule has 1 heterocycles. The minimum atomic E-state index is -0.191. The Kier molecular flexibility index (Phi) is 3.08. The standard InChI is InChI=1S/C19H22O/c1-13(2)14-9-11-15(12-10-14)18-16-7-5-6-8-17(16)20-19(18,3)4/h5-13,18H,1-4H3. The van der Waals surface area contributed by atoms with Crippen LogP contribution in [-0.2, 0) is 0 Å². The summed E-state index contributed by atoms with van der Waals surface area (Å²) in [7, 11) is 0. The summed E-state index contributed by atoms with van der Waals surface area (Å²) in [4.78, 5) is 0. The first kappa shape index (κ1) is 13.2. The van der Waals surface area contributed by atoms with Crippen molar-refractivity contribution in [2.75, 3.05) is 0 Å². The molecule has 0 saturated heterocycles. The molecule has 1 atom stereocenters. The van der Waals surface area contributed by atoms with Gasteiger partial charge in [-0.3, -0.25) is 0 Å².